The van der Waals surface area contributed by atoms with Crippen LogP contribution in [-0.2, 0) is 4.79 Å². The zero-order chi connectivity index (χ0) is 17.9. The molecule has 0 fully saturated rings. The third-order valence-corrected chi connectivity index (χ3v) is 4.11. The molecule has 7 heteroatoms. The van der Waals surface area contributed by atoms with Crippen LogP contribution in [0.25, 0.3) is 28.0 Å². The van der Waals surface area contributed by atoms with Crippen LogP contribution in [-0.4, -0.2) is 30.9 Å². The zero-order valence-corrected chi connectivity index (χ0v) is 14.3. The molecule has 2 N–H and O–H groups in total. The van der Waals surface area contributed by atoms with Crippen LogP contribution in [0.4, 0.5) is 5.69 Å². The molecule has 1 amide bonds. The fourth-order valence-corrected chi connectivity index (χ4v) is 2.90. The molecule has 4 rings (SSSR count). The summed E-state index contributed by atoms with van der Waals surface area (Å²) in [5.41, 5.74) is 3.59. The third-order valence-electron chi connectivity index (χ3n) is 4.11. The van der Waals surface area contributed by atoms with E-state index in [0.717, 1.165) is 40.1 Å². The van der Waals surface area contributed by atoms with E-state index in [9.17, 15) is 4.79 Å². The van der Waals surface area contributed by atoms with E-state index in [1.54, 1.807) is 0 Å². The molecule has 0 saturated carbocycles. The van der Waals surface area contributed by atoms with Crippen molar-refractivity contribution in [3.8, 4) is 17.1 Å². The first kappa shape index (κ1) is 16.0. The Kier molecular flexibility index (Phi) is 4.18. The number of anilines is 1. The lowest BCUT2D eigenvalue weighted by Gasteiger charge is -2.08. The molecule has 4 aromatic rings. The maximum atomic E-state index is 11.8. The number of nitrogens with one attached hydrogen (secondary N) is 2. The molecule has 0 bridgehead atoms. The first-order valence-electron chi connectivity index (χ1n) is 8.48. The topological polar surface area (TPSA) is 88.5 Å². The number of nitrogens with zero attached hydrogens (tertiary/aromatic N) is 4. The molecule has 26 heavy (non-hydrogen) atoms. The number of carbonyl (C=O) groups is 1. The second-order valence-corrected chi connectivity index (χ2v) is 6.01. The van der Waals surface area contributed by atoms with Gasteiger partial charge in [-0.15, -0.1) is 0 Å². The van der Waals surface area contributed by atoms with Crippen molar-refractivity contribution in [1.29, 1.82) is 0 Å². The van der Waals surface area contributed by atoms with Crippen molar-refractivity contribution in [3.63, 3.8) is 0 Å². The summed E-state index contributed by atoms with van der Waals surface area (Å²) in [6.07, 6.45) is 4.64. The second-order valence-electron chi connectivity index (χ2n) is 6.01. The van der Waals surface area contributed by atoms with Crippen molar-refractivity contribution in [2.24, 2.45) is 0 Å². The van der Waals surface area contributed by atoms with Gasteiger partial charge in [-0.1, -0.05) is 13.0 Å². The average molecular weight is 346 g/mol. The Morgan fingerprint density at radius 2 is 2.15 bits per heavy atom. The van der Waals surface area contributed by atoms with Crippen molar-refractivity contribution >= 4 is 22.5 Å². The van der Waals surface area contributed by atoms with E-state index in [1.807, 2.05) is 60.3 Å². The van der Waals surface area contributed by atoms with Crippen molar-refractivity contribution in [1.82, 2.24) is 25.0 Å². The number of hydrogen-bond donors (Lipinski definition) is 2. The highest BCUT2D eigenvalue weighted by molar-refractivity contribution is 5.91. The van der Waals surface area contributed by atoms with E-state index in [1.165, 1.54) is 6.33 Å². The molecule has 2 aromatic heterocycles. The fourth-order valence-electron chi connectivity index (χ4n) is 2.90. The molecule has 0 aliphatic carbocycles. The van der Waals surface area contributed by atoms with E-state index in [2.05, 4.69) is 25.6 Å². The molecule has 0 atom stereocenters. The number of hydrogen-bond acceptors (Lipinski definition) is 4. The van der Waals surface area contributed by atoms with Gasteiger partial charge in [0.2, 0.25) is 5.91 Å². The molecule has 0 radical (unpaired) electrons. The molecular formula is C19H18N6O. The number of carbonyl (C=O) groups excluding carboxylic acids is 1. The molecule has 0 saturated heterocycles. The number of aromatic amines is 1. The predicted octanol–water partition coefficient (Wildman–Crippen LogP) is 3.55. The van der Waals surface area contributed by atoms with Gasteiger partial charge in [0, 0.05) is 23.1 Å². The van der Waals surface area contributed by atoms with Crippen LogP contribution < -0.4 is 5.32 Å². The summed E-state index contributed by atoms with van der Waals surface area (Å²) >= 11 is 0. The smallest absolute Gasteiger partial charge is 0.224 e. The molecular weight excluding hydrogens is 328 g/mol. The summed E-state index contributed by atoms with van der Waals surface area (Å²) in [4.78, 5) is 16.0. The number of H-pyrrole nitrogens is 1. The van der Waals surface area contributed by atoms with Crippen LogP contribution in [0.1, 0.15) is 19.8 Å². The molecule has 7 nitrogen and oxygen atoms in total. The maximum absolute atomic E-state index is 11.8. The summed E-state index contributed by atoms with van der Waals surface area (Å²) in [6, 6.07) is 13.7. The Morgan fingerprint density at radius 3 is 2.96 bits per heavy atom. The number of rotatable bonds is 5. The first-order valence-corrected chi connectivity index (χ1v) is 8.48. The average Bonchev–Trinajstić information content (AvgIpc) is 3.31. The molecule has 2 heterocycles. The third kappa shape index (κ3) is 3.06. The van der Waals surface area contributed by atoms with Crippen molar-refractivity contribution in [3.05, 3.63) is 55.0 Å². The summed E-state index contributed by atoms with van der Waals surface area (Å²) in [6.45, 7) is 1.99. The normalized spacial score (nSPS) is 11.0. The van der Waals surface area contributed by atoms with Crippen LogP contribution in [0.5, 0.6) is 0 Å². The van der Waals surface area contributed by atoms with Crippen molar-refractivity contribution in [2.45, 2.75) is 19.8 Å². The maximum Gasteiger partial charge on any atom is 0.224 e. The van der Waals surface area contributed by atoms with Crippen LogP contribution in [0.2, 0.25) is 0 Å². The number of fused-ring (bicyclic) bond motifs is 1. The van der Waals surface area contributed by atoms with Gasteiger partial charge in [0.15, 0.2) is 5.82 Å². The Balaban J connectivity index is 1.68. The predicted molar refractivity (Wildman–Crippen MR) is 100.0 cm³/mol. The van der Waals surface area contributed by atoms with Gasteiger partial charge in [-0.2, -0.15) is 10.2 Å². The summed E-state index contributed by atoms with van der Waals surface area (Å²) < 4.78 is 1.86. The quantitative estimate of drug-likeness (QED) is 0.578. The Hall–Kier alpha value is -3.48. The largest absolute Gasteiger partial charge is 0.326 e. The Labute approximate surface area is 150 Å². The summed E-state index contributed by atoms with van der Waals surface area (Å²) in [7, 11) is 0. The molecule has 0 spiro atoms. The Morgan fingerprint density at radius 1 is 1.23 bits per heavy atom. The van der Waals surface area contributed by atoms with Gasteiger partial charge < -0.3 is 5.32 Å². The van der Waals surface area contributed by atoms with Gasteiger partial charge >= 0.3 is 0 Å². The molecule has 0 unspecified atom stereocenters. The summed E-state index contributed by atoms with van der Waals surface area (Å²) in [5, 5.41) is 15.2. The first-order chi connectivity index (χ1) is 12.7. The van der Waals surface area contributed by atoms with E-state index in [4.69, 9.17) is 0 Å². The minimum atomic E-state index is 0.0201. The molecule has 0 aliphatic rings. The number of amides is 1. The Bertz CT molecular complexity index is 1050. The minimum absolute atomic E-state index is 0.0201. The zero-order valence-electron chi connectivity index (χ0n) is 14.3. The number of benzene rings is 2. The highest BCUT2D eigenvalue weighted by Crippen LogP contribution is 2.24. The van der Waals surface area contributed by atoms with E-state index >= 15 is 0 Å². The van der Waals surface area contributed by atoms with E-state index in [0.29, 0.717) is 6.42 Å². The van der Waals surface area contributed by atoms with Crippen LogP contribution in [0, 0.1) is 0 Å². The van der Waals surface area contributed by atoms with Crippen LogP contribution in [0.15, 0.2) is 55.0 Å². The molecule has 0 aliphatic heterocycles. The highest BCUT2D eigenvalue weighted by atomic mass is 16.1. The van der Waals surface area contributed by atoms with Gasteiger partial charge in [0.05, 0.1) is 17.4 Å². The van der Waals surface area contributed by atoms with E-state index in [-0.39, 0.29) is 5.91 Å². The fraction of sp³-hybridized carbons (Fsp3) is 0.158. The SMILES string of the molecule is CCCC(=O)Nc1cccc(-n2ncc3cc(-c4ncn[nH]4)ccc32)c1. The standard InChI is InChI=1S/C19H18N6O/c1-2-4-18(26)23-15-5-3-6-16(10-15)25-17-8-7-13(9-14(17)11-22-25)19-20-12-21-24-19/h3,5-12H,2,4H2,1H3,(H,23,26)(H,20,21,24). The lowest BCUT2D eigenvalue weighted by Crippen LogP contribution is -2.10. The number of aromatic nitrogens is 5. The minimum Gasteiger partial charge on any atom is -0.326 e. The van der Waals surface area contributed by atoms with Crippen molar-refractivity contribution in [2.75, 3.05) is 5.32 Å². The highest BCUT2D eigenvalue weighted by Gasteiger charge is 2.09. The lowest BCUT2D eigenvalue weighted by atomic mass is 10.1. The van der Waals surface area contributed by atoms with Gasteiger partial charge in [-0.05, 0) is 42.8 Å². The van der Waals surface area contributed by atoms with E-state index < -0.39 is 0 Å². The summed E-state index contributed by atoms with van der Waals surface area (Å²) in [5.74, 6) is 0.743. The van der Waals surface area contributed by atoms with Gasteiger partial charge in [0.1, 0.15) is 6.33 Å². The monoisotopic (exact) mass is 346 g/mol. The van der Waals surface area contributed by atoms with Crippen LogP contribution in [0.3, 0.4) is 0 Å². The van der Waals surface area contributed by atoms with Gasteiger partial charge in [-0.25, -0.2) is 9.67 Å². The van der Waals surface area contributed by atoms with Gasteiger partial charge in [-0.3, -0.25) is 9.89 Å². The molecule has 2 aromatic carbocycles. The second kappa shape index (κ2) is 6.79. The van der Waals surface area contributed by atoms with Gasteiger partial charge in [0.25, 0.3) is 0 Å². The lowest BCUT2D eigenvalue weighted by molar-refractivity contribution is -0.116. The van der Waals surface area contributed by atoms with Crippen LogP contribution >= 0.6 is 0 Å². The van der Waals surface area contributed by atoms with Crippen molar-refractivity contribution < 1.29 is 4.79 Å². The molecule has 130 valence electrons.